The molecule has 0 aromatic carbocycles. The molecule has 3 rings (SSSR count). The third-order valence-electron chi connectivity index (χ3n) is 5.33. The lowest BCUT2D eigenvalue weighted by molar-refractivity contribution is -0.135. The van der Waals surface area contributed by atoms with Crippen molar-refractivity contribution in [3.8, 4) is 0 Å². The third-order valence-corrected chi connectivity index (χ3v) is 5.33. The summed E-state index contributed by atoms with van der Waals surface area (Å²) in [6.45, 7) is 5.50. The Morgan fingerprint density at radius 2 is 1.81 bits per heavy atom. The summed E-state index contributed by atoms with van der Waals surface area (Å²) in [4.78, 5) is 16.9. The van der Waals surface area contributed by atoms with Crippen molar-refractivity contribution in [3.05, 3.63) is 0 Å². The van der Waals surface area contributed by atoms with Crippen molar-refractivity contribution in [2.45, 2.75) is 50.7 Å². The average molecular weight is 295 g/mol. The van der Waals surface area contributed by atoms with Gasteiger partial charge in [0.05, 0.1) is 12.1 Å². The first-order chi connectivity index (χ1) is 10.2. The molecule has 5 heteroatoms. The molecule has 120 valence electrons. The largest absolute Gasteiger partial charge is 0.392 e. The van der Waals surface area contributed by atoms with Crippen LogP contribution in [0.2, 0.25) is 0 Å². The van der Waals surface area contributed by atoms with E-state index in [-0.39, 0.29) is 18.1 Å². The van der Waals surface area contributed by atoms with Crippen LogP contribution >= 0.6 is 0 Å². The second kappa shape index (κ2) is 7.07. The number of aliphatic hydroxyl groups is 1. The van der Waals surface area contributed by atoms with Crippen molar-refractivity contribution in [1.82, 2.24) is 15.1 Å². The highest BCUT2D eigenvalue weighted by atomic mass is 16.3. The van der Waals surface area contributed by atoms with Crippen molar-refractivity contribution >= 4 is 5.91 Å². The number of nitrogens with zero attached hydrogens (tertiary/aromatic N) is 2. The molecule has 2 aliphatic heterocycles. The van der Waals surface area contributed by atoms with Gasteiger partial charge in [-0.15, -0.1) is 0 Å². The molecule has 1 amide bonds. The van der Waals surface area contributed by atoms with Crippen LogP contribution < -0.4 is 5.32 Å². The maximum atomic E-state index is 12.4. The van der Waals surface area contributed by atoms with E-state index < -0.39 is 0 Å². The second-order valence-electron chi connectivity index (χ2n) is 6.98. The molecular formula is C16H29N3O2. The molecule has 0 aromatic rings. The Balaban J connectivity index is 1.41. The van der Waals surface area contributed by atoms with Crippen LogP contribution in [0.3, 0.4) is 0 Å². The molecule has 0 spiro atoms. The minimum Gasteiger partial charge on any atom is -0.392 e. The van der Waals surface area contributed by atoms with Gasteiger partial charge >= 0.3 is 0 Å². The number of nitrogens with one attached hydrogen (secondary N) is 1. The molecule has 5 nitrogen and oxygen atoms in total. The van der Waals surface area contributed by atoms with E-state index in [0.717, 1.165) is 32.1 Å². The Kier molecular flexibility index (Phi) is 5.14. The minimum absolute atomic E-state index is 0.162. The summed E-state index contributed by atoms with van der Waals surface area (Å²) in [6.07, 6.45) is 7.22. The van der Waals surface area contributed by atoms with Gasteiger partial charge < -0.3 is 15.3 Å². The zero-order chi connectivity index (χ0) is 14.7. The molecule has 2 N–H and O–H groups in total. The highest BCUT2D eigenvalue weighted by molar-refractivity contribution is 5.82. The molecule has 3 fully saturated rings. The van der Waals surface area contributed by atoms with Crippen molar-refractivity contribution in [2.24, 2.45) is 5.92 Å². The Morgan fingerprint density at radius 3 is 2.43 bits per heavy atom. The lowest BCUT2D eigenvalue weighted by atomic mass is 9.89. The number of piperazine rings is 1. The predicted octanol–water partition coefficient (Wildman–Crippen LogP) is 0.434. The Hall–Kier alpha value is -0.650. The highest BCUT2D eigenvalue weighted by Gasteiger charge is 2.32. The number of hydrogen-bond donors (Lipinski definition) is 2. The molecule has 0 aromatic heterocycles. The molecule has 2 heterocycles. The Labute approximate surface area is 127 Å². The quantitative estimate of drug-likeness (QED) is 0.793. The zero-order valence-corrected chi connectivity index (χ0v) is 13.0. The molecule has 2 atom stereocenters. The van der Waals surface area contributed by atoms with Gasteiger partial charge in [-0.2, -0.15) is 0 Å². The van der Waals surface area contributed by atoms with Gasteiger partial charge in [0.25, 0.3) is 0 Å². The first-order valence-corrected chi connectivity index (χ1v) is 8.65. The summed E-state index contributed by atoms with van der Waals surface area (Å²) in [5.41, 5.74) is 0. The van der Waals surface area contributed by atoms with Gasteiger partial charge in [0.1, 0.15) is 0 Å². The number of amides is 1. The Bertz CT molecular complexity index is 349. The van der Waals surface area contributed by atoms with Gasteiger partial charge in [-0.1, -0.05) is 19.3 Å². The van der Waals surface area contributed by atoms with Crippen LogP contribution in [0, 0.1) is 5.92 Å². The van der Waals surface area contributed by atoms with Crippen LogP contribution in [0.25, 0.3) is 0 Å². The van der Waals surface area contributed by atoms with E-state index in [2.05, 4.69) is 10.2 Å². The highest BCUT2D eigenvalue weighted by Crippen LogP contribution is 2.24. The van der Waals surface area contributed by atoms with E-state index in [1.165, 1.54) is 38.6 Å². The summed E-state index contributed by atoms with van der Waals surface area (Å²) in [5, 5.41) is 12.7. The van der Waals surface area contributed by atoms with E-state index in [4.69, 9.17) is 0 Å². The molecular weight excluding hydrogens is 266 g/mol. The third kappa shape index (κ3) is 3.96. The summed E-state index contributed by atoms with van der Waals surface area (Å²) in [7, 11) is 0. The number of carbonyl (C=O) groups excluding carboxylic acids is 1. The summed E-state index contributed by atoms with van der Waals surface area (Å²) < 4.78 is 0. The van der Waals surface area contributed by atoms with Gasteiger partial charge in [0.15, 0.2) is 0 Å². The van der Waals surface area contributed by atoms with Crippen molar-refractivity contribution in [3.63, 3.8) is 0 Å². The fourth-order valence-electron chi connectivity index (χ4n) is 4.01. The second-order valence-corrected chi connectivity index (χ2v) is 6.98. The number of β-amino-alcohol motifs (C(OH)–C–C–N with tert-alkyl or cyclic N) is 1. The van der Waals surface area contributed by atoms with Gasteiger partial charge in [0.2, 0.25) is 5.91 Å². The molecule has 2 saturated heterocycles. The molecule has 1 aliphatic carbocycles. The standard InChI is InChI=1S/C16H29N3O2/c20-14-10-15(17-11-14)16(21)19-8-6-18(7-9-19)12-13-4-2-1-3-5-13/h13-15,17,20H,1-12H2. The zero-order valence-electron chi connectivity index (χ0n) is 13.0. The van der Waals surface area contributed by atoms with E-state index in [0.29, 0.717) is 13.0 Å². The van der Waals surface area contributed by atoms with Crippen LogP contribution in [-0.2, 0) is 4.79 Å². The van der Waals surface area contributed by atoms with Crippen LogP contribution in [0.1, 0.15) is 38.5 Å². The maximum absolute atomic E-state index is 12.4. The van der Waals surface area contributed by atoms with Crippen LogP contribution in [0.15, 0.2) is 0 Å². The van der Waals surface area contributed by atoms with Crippen molar-refractivity contribution < 1.29 is 9.90 Å². The predicted molar refractivity (Wildman–Crippen MR) is 82.0 cm³/mol. The topological polar surface area (TPSA) is 55.8 Å². The fourth-order valence-corrected chi connectivity index (χ4v) is 4.01. The van der Waals surface area contributed by atoms with E-state index in [1.807, 2.05) is 4.90 Å². The molecule has 3 aliphatic rings. The smallest absolute Gasteiger partial charge is 0.239 e. The lowest BCUT2D eigenvalue weighted by Gasteiger charge is -2.38. The van der Waals surface area contributed by atoms with Crippen molar-refractivity contribution in [2.75, 3.05) is 39.3 Å². The Morgan fingerprint density at radius 1 is 1.10 bits per heavy atom. The number of rotatable bonds is 3. The van der Waals surface area contributed by atoms with Crippen LogP contribution in [0.4, 0.5) is 0 Å². The number of aliphatic hydroxyl groups excluding tert-OH is 1. The van der Waals surface area contributed by atoms with Crippen LogP contribution in [-0.4, -0.2) is 72.2 Å². The summed E-state index contributed by atoms with van der Waals surface area (Å²) in [6, 6.07) is -0.162. The van der Waals surface area contributed by atoms with Gasteiger partial charge in [-0.3, -0.25) is 9.69 Å². The van der Waals surface area contributed by atoms with E-state index in [9.17, 15) is 9.90 Å². The molecule has 21 heavy (non-hydrogen) atoms. The SMILES string of the molecule is O=C(C1CC(O)CN1)N1CCN(CC2CCCCC2)CC1. The monoisotopic (exact) mass is 295 g/mol. The first kappa shape index (κ1) is 15.3. The summed E-state index contributed by atoms with van der Waals surface area (Å²) in [5.74, 6) is 1.07. The number of carbonyl (C=O) groups is 1. The fraction of sp³-hybridized carbons (Fsp3) is 0.938. The maximum Gasteiger partial charge on any atom is 0.239 e. The lowest BCUT2D eigenvalue weighted by Crippen LogP contribution is -2.53. The van der Waals surface area contributed by atoms with E-state index >= 15 is 0 Å². The van der Waals surface area contributed by atoms with Gasteiger partial charge in [-0.25, -0.2) is 0 Å². The van der Waals surface area contributed by atoms with Gasteiger partial charge in [-0.05, 0) is 25.2 Å². The molecule has 1 saturated carbocycles. The molecule has 2 unspecified atom stereocenters. The summed E-state index contributed by atoms with van der Waals surface area (Å²) >= 11 is 0. The molecule has 0 bridgehead atoms. The van der Waals surface area contributed by atoms with Crippen molar-refractivity contribution in [1.29, 1.82) is 0 Å². The first-order valence-electron chi connectivity index (χ1n) is 8.65. The minimum atomic E-state index is -0.355. The molecule has 0 radical (unpaired) electrons. The van der Waals surface area contributed by atoms with Crippen LogP contribution in [0.5, 0.6) is 0 Å². The number of hydrogen-bond acceptors (Lipinski definition) is 4. The average Bonchev–Trinajstić information content (AvgIpc) is 2.95. The van der Waals surface area contributed by atoms with E-state index in [1.54, 1.807) is 0 Å². The van der Waals surface area contributed by atoms with Gasteiger partial charge in [0, 0.05) is 39.3 Å². The normalized spacial score (nSPS) is 32.5.